The van der Waals surface area contributed by atoms with Gasteiger partial charge in [-0.15, -0.1) is 0 Å². The molecule has 4 nitrogen and oxygen atoms in total. The van der Waals surface area contributed by atoms with E-state index in [4.69, 9.17) is 9.97 Å². The number of rotatable bonds is 0. The summed E-state index contributed by atoms with van der Waals surface area (Å²) in [5.41, 5.74) is 5.00. The molecule has 0 bridgehead atoms. The van der Waals surface area contributed by atoms with Crippen LogP contribution >= 0.6 is 0 Å². The lowest BCUT2D eigenvalue weighted by Gasteiger charge is -2.07. The van der Waals surface area contributed by atoms with E-state index in [-0.39, 0.29) is 5.56 Å². The van der Waals surface area contributed by atoms with Crippen molar-refractivity contribution >= 4 is 49.1 Å². The Morgan fingerprint density at radius 2 is 1.62 bits per heavy atom. The van der Waals surface area contributed by atoms with Crippen molar-refractivity contribution in [3.05, 3.63) is 76.7 Å². The van der Waals surface area contributed by atoms with Crippen LogP contribution in [0.4, 0.5) is 0 Å². The summed E-state index contributed by atoms with van der Waals surface area (Å²) >= 11 is 0. The number of hydrogen-bond acceptors (Lipinski definition) is 3. The van der Waals surface area contributed by atoms with Crippen LogP contribution in [0.3, 0.4) is 0 Å². The van der Waals surface area contributed by atoms with E-state index >= 15 is 0 Å². The van der Waals surface area contributed by atoms with Crippen molar-refractivity contribution in [3.8, 4) is 0 Å². The second kappa shape index (κ2) is 4.55. The average Bonchev–Trinajstić information content (AvgIpc) is 3.00. The molecule has 0 fully saturated rings. The van der Waals surface area contributed by atoms with E-state index in [1.54, 1.807) is 4.40 Å². The number of fused-ring (bicyclic) bond motifs is 6. The van der Waals surface area contributed by atoms with Crippen molar-refractivity contribution in [3.63, 3.8) is 0 Å². The first kappa shape index (κ1) is 13.7. The van der Waals surface area contributed by atoms with Crippen molar-refractivity contribution < 1.29 is 0 Å². The summed E-state index contributed by atoms with van der Waals surface area (Å²) in [5.74, 6) is 0. The molecule has 0 aliphatic carbocycles. The predicted octanol–water partition coefficient (Wildman–Crippen LogP) is 4.45. The molecule has 0 N–H and O–H groups in total. The Bertz CT molecular complexity index is 1560. The number of hydrogen-bond donors (Lipinski definition) is 0. The van der Waals surface area contributed by atoms with Crippen LogP contribution in [0.25, 0.3) is 49.1 Å². The van der Waals surface area contributed by atoms with Crippen LogP contribution in [0.2, 0.25) is 0 Å². The number of aromatic nitrogens is 3. The van der Waals surface area contributed by atoms with Crippen LogP contribution in [-0.2, 0) is 0 Å². The summed E-state index contributed by atoms with van der Waals surface area (Å²) in [6, 6.07) is 19.9. The van der Waals surface area contributed by atoms with Crippen LogP contribution in [0.5, 0.6) is 0 Å². The van der Waals surface area contributed by atoms with Gasteiger partial charge in [0.2, 0.25) is 0 Å². The summed E-state index contributed by atoms with van der Waals surface area (Å²) < 4.78 is 1.80. The fourth-order valence-electron chi connectivity index (χ4n) is 4.07. The Balaban J connectivity index is 2.05. The fraction of sp³-hybridized carbons (Fsp3) is 0.0455. The van der Waals surface area contributed by atoms with E-state index in [1.165, 1.54) is 0 Å². The van der Waals surface area contributed by atoms with Crippen molar-refractivity contribution in [2.45, 2.75) is 6.92 Å². The molecule has 0 unspecified atom stereocenters. The van der Waals surface area contributed by atoms with Gasteiger partial charge in [-0.3, -0.25) is 9.20 Å². The molecule has 0 amide bonds. The second-order valence-corrected chi connectivity index (χ2v) is 6.74. The van der Waals surface area contributed by atoms with Crippen LogP contribution < -0.4 is 5.56 Å². The van der Waals surface area contributed by atoms with Crippen molar-refractivity contribution in [1.29, 1.82) is 0 Å². The van der Waals surface area contributed by atoms with Crippen LogP contribution in [0, 0.1) is 6.92 Å². The molecule has 0 saturated carbocycles. The predicted molar refractivity (Wildman–Crippen MR) is 105 cm³/mol. The molecule has 122 valence electrons. The largest absolute Gasteiger partial charge is 0.273 e. The molecule has 0 radical (unpaired) electrons. The van der Waals surface area contributed by atoms with Gasteiger partial charge in [0.05, 0.1) is 21.9 Å². The minimum atomic E-state index is -0.0393. The van der Waals surface area contributed by atoms with Gasteiger partial charge >= 0.3 is 0 Å². The van der Waals surface area contributed by atoms with E-state index in [9.17, 15) is 4.79 Å². The number of benzene rings is 2. The minimum absolute atomic E-state index is 0.0393. The fourth-order valence-corrected chi connectivity index (χ4v) is 4.07. The lowest BCUT2D eigenvalue weighted by atomic mass is 10.1. The molecule has 0 aliphatic heterocycles. The molecule has 4 heteroatoms. The molecule has 4 heterocycles. The number of pyridine rings is 3. The van der Waals surface area contributed by atoms with Gasteiger partial charge in [-0.2, -0.15) is 0 Å². The molecule has 0 aliphatic rings. The van der Waals surface area contributed by atoms with E-state index < -0.39 is 0 Å². The lowest BCUT2D eigenvalue weighted by molar-refractivity contribution is 1.18. The van der Waals surface area contributed by atoms with Crippen LogP contribution in [-0.4, -0.2) is 14.4 Å². The van der Waals surface area contributed by atoms with Gasteiger partial charge in [-0.25, -0.2) is 9.97 Å². The Morgan fingerprint density at radius 3 is 2.54 bits per heavy atom. The Labute approximate surface area is 147 Å². The number of aryl methyl sites for hydroxylation is 1. The van der Waals surface area contributed by atoms with Crippen LogP contribution in [0.1, 0.15) is 5.69 Å². The van der Waals surface area contributed by atoms with Gasteiger partial charge < -0.3 is 0 Å². The summed E-state index contributed by atoms with van der Waals surface area (Å²) in [5, 5.41) is 3.69. The topological polar surface area (TPSA) is 47.3 Å². The van der Waals surface area contributed by atoms with Gasteiger partial charge in [0, 0.05) is 21.9 Å². The number of nitrogens with zero attached hydrogens (tertiary/aromatic N) is 3. The maximum atomic E-state index is 13.4. The van der Waals surface area contributed by atoms with Gasteiger partial charge in [-0.1, -0.05) is 36.4 Å². The Kier molecular flexibility index (Phi) is 2.40. The monoisotopic (exact) mass is 335 g/mol. The van der Waals surface area contributed by atoms with Gasteiger partial charge in [0.25, 0.3) is 5.56 Å². The maximum absolute atomic E-state index is 13.4. The van der Waals surface area contributed by atoms with E-state index in [0.29, 0.717) is 10.9 Å². The molecule has 26 heavy (non-hydrogen) atoms. The van der Waals surface area contributed by atoms with Crippen molar-refractivity contribution in [2.75, 3.05) is 0 Å². The first-order valence-electron chi connectivity index (χ1n) is 8.58. The smallest absolute Gasteiger partial charge is 0.265 e. The first-order chi connectivity index (χ1) is 12.7. The van der Waals surface area contributed by atoms with Crippen molar-refractivity contribution in [1.82, 2.24) is 14.4 Å². The van der Waals surface area contributed by atoms with Crippen LogP contribution in [0.15, 0.2) is 65.5 Å². The SMILES string of the molecule is Cc1cc2c3ccccc3n3c(=O)c4cc5ccccc5nc4c(n1)c23. The normalized spacial score (nSPS) is 12.2. The first-order valence-corrected chi connectivity index (χ1v) is 8.58. The van der Waals surface area contributed by atoms with Gasteiger partial charge in [0.15, 0.2) is 0 Å². The molecule has 0 spiro atoms. The highest BCUT2D eigenvalue weighted by atomic mass is 16.1. The summed E-state index contributed by atoms with van der Waals surface area (Å²) in [6.07, 6.45) is 0. The van der Waals surface area contributed by atoms with E-state index in [1.807, 2.05) is 55.5 Å². The summed E-state index contributed by atoms with van der Waals surface area (Å²) in [7, 11) is 0. The third-order valence-electron chi connectivity index (χ3n) is 5.16. The van der Waals surface area contributed by atoms with E-state index in [0.717, 1.165) is 43.9 Å². The highest BCUT2D eigenvalue weighted by molar-refractivity contribution is 6.18. The molecule has 2 aromatic carbocycles. The third kappa shape index (κ3) is 1.56. The molecule has 0 saturated heterocycles. The highest BCUT2D eigenvalue weighted by Crippen LogP contribution is 2.33. The maximum Gasteiger partial charge on any atom is 0.265 e. The second-order valence-electron chi connectivity index (χ2n) is 6.74. The highest BCUT2D eigenvalue weighted by Gasteiger charge is 2.19. The molecular formula is C22H13N3O. The summed E-state index contributed by atoms with van der Waals surface area (Å²) in [6.45, 7) is 1.99. The zero-order valence-electron chi connectivity index (χ0n) is 14.0. The molecular weight excluding hydrogens is 322 g/mol. The molecule has 6 rings (SSSR count). The Hall–Kier alpha value is -3.53. The minimum Gasteiger partial charge on any atom is -0.273 e. The zero-order chi connectivity index (χ0) is 17.4. The summed E-state index contributed by atoms with van der Waals surface area (Å²) in [4.78, 5) is 23.0. The molecule has 0 atom stereocenters. The lowest BCUT2D eigenvalue weighted by Crippen LogP contribution is -2.14. The third-order valence-corrected chi connectivity index (χ3v) is 5.16. The Morgan fingerprint density at radius 1 is 0.808 bits per heavy atom. The molecule has 6 aromatic rings. The zero-order valence-corrected chi connectivity index (χ0v) is 14.0. The number of para-hydroxylation sites is 2. The quantitative estimate of drug-likeness (QED) is 0.304. The average molecular weight is 335 g/mol. The van der Waals surface area contributed by atoms with Gasteiger partial charge in [0.1, 0.15) is 11.0 Å². The van der Waals surface area contributed by atoms with Crippen molar-refractivity contribution in [2.24, 2.45) is 0 Å². The standard InChI is InChI=1S/C22H13N3O/c1-12-10-15-14-7-3-5-9-18(14)25-21(15)20(23-12)19-16(22(25)26)11-13-6-2-4-8-17(13)24-19/h2-11H,1H3. The molecule has 4 aromatic heterocycles. The van der Waals surface area contributed by atoms with E-state index in [2.05, 4.69) is 12.1 Å². The van der Waals surface area contributed by atoms with Gasteiger partial charge in [-0.05, 0) is 31.2 Å².